The first-order valence-corrected chi connectivity index (χ1v) is 10.2. The van der Waals surface area contributed by atoms with E-state index in [2.05, 4.69) is 48.4 Å². The van der Waals surface area contributed by atoms with Gasteiger partial charge in [0.05, 0.1) is 18.8 Å². The summed E-state index contributed by atoms with van der Waals surface area (Å²) in [7, 11) is 0. The average Bonchev–Trinajstić information content (AvgIpc) is 3.14. The number of aromatic nitrogens is 4. The van der Waals surface area contributed by atoms with Gasteiger partial charge < -0.3 is 10.6 Å². The second-order valence-corrected chi connectivity index (χ2v) is 8.32. The molecule has 0 aliphatic carbocycles. The summed E-state index contributed by atoms with van der Waals surface area (Å²) in [4.78, 5) is 15.3. The Morgan fingerprint density at radius 2 is 2.15 bits per heavy atom. The first kappa shape index (κ1) is 18.8. The van der Waals surface area contributed by atoms with Crippen molar-refractivity contribution in [3.05, 3.63) is 27.2 Å². The highest BCUT2D eigenvalue weighted by Crippen LogP contribution is 2.24. The molecule has 0 amide bonds. The molecule has 3 heterocycles. The number of thiazole rings is 1. The van der Waals surface area contributed by atoms with Gasteiger partial charge in [0.2, 0.25) is 0 Å². The predicted octanol–water partition coefficient (Wildman–Crippen LogP) is 2.54. The van der Waals surface area contributed by atoms with Gasteiger partial charge in [-0.1, -0.05) is 13.8 Å². The van der Waals surface area contributed by atoms with Gasteiger partial charge in [0, 0.05) is 23.9 Å². The summed E-state index contributed by atoms with van der Waals surface area (Å²) in [5.41, 5.74) is 1.19. The lowest BCUT2D eigenvalue weighted by Gasteiger charge is -2.25. The molecule has 0 saturated heterocycles. The third-order valence-corrected chi connectivity index (χ3v) is 5.42. The van der Waals surface area contributed by atoms with Crippen LogP contribution in [0.2, 0.25) is 0 Å². The van der Waals surface area contributed by atoms with Gasteiger partial charge in [-0.25, -0.2) is 19.6 Å². The van der Waals surface area contributed by atoms with Crippen LogP contribution in [-0.2, 0) is 19.5 Å². The molecule has 0 spiro atoms. The smallest absolute Gasteiger partial charge is 0.191 e. The summed E-state index contributed by atoms with van der Waals surface area (Å²) < 4.78 is 2.01. The van der Waals surface area contributed by atoms with E-state index in [1.807, 2.05) is 11.6 Å². The normalized spacial score (nSPS) is 17.5. The molecule has 1 atom stereocenters. The highest BCUT2D eigenvalue weighted by Gasteiger charge is 2.21. The number of rotatable bonds is 5. The van der Waals surface area contributed by atoms with Gasteiger partial charge in [0.25, 0.3) is 0 Å². The molecule has 1 unspecified atom stereocenters. The Kier molecular flexibility index (Phi) is 5.90. The minimum Gasteiger partial charge on any atom is -0.357 e. The molecule has 8 heteroatoms. The van der Waals surface area contributed by atoms with Gasteiger partial charge in [-0.15, -0.1) is 11.3 Å². The van der Waals surface area contributed by atoms with Crippen LogP contribution in [0.15, 0.2) is 4.99 Å². The lowest BCUT2D eigenvalue weighted by atomic mass is 10.1. The molecule has 1 aliphatic rings. The minimum absolute atomic E-state index is 0.311. The lowest BCUT2D eigenvalue weighted by molar-refractivity contribution is 0.392. The molecule has 26 heavy (non-hydrogen) atoms. The van der Waals surface area contributed by atoms with Crippen molar-refractivity contribution in [2.45, 2.75) is 72.5 Å². The maximum atomic E-state index is 4.75. The molecule has 1 aliphatic heterocycles. The molecule has 2 aromatic rings. The van der Waals surface area contributed by atoms with Crippen molar-refractivity contribution in [1.29, 1.82) is 0 Å². The maximum Gasteiger partial charge on any atom is 0.191 e. The first-order valence-electron chi connectivity index (χ1n) is 9.37. The number of aliphatic imine (C=N–C) groups is 1. The number of aryl methyl sites for hydroxylation is 3. The van der Waals surface area contributed by atoms with Crippen LogP contribution >= 0.6 is 11.3 Å². The largest absolute Gasteiger partial charge is 0.357 e. The second-order valence-electron chi connectivity index (χ2n) is 7.04. The molecular weight excluding hydrogens is 346 g/mol. The summed E-state index contributed by atoms with van der Waals surface area (Å²) in [5, 5.41) is 12.4. The topological polar surface area (TPSA) is 80.0 Å². The van der Waals surface area contributed by atoms with E-state index >= 15 is 0 Å². The van der Waals surface area contributed by atoms with Crippen molar-refractivity contribution < 1.29 is 0 Å². The summed E-state index contributed by atoms with van der Waals surface area (Å²) in [5.74, 6) is 3.23. The number of nitrogens with one attached hydrogen (secondary N) is 2. The minimum atomic E-state index is 0.311. The molecule has 142 valence electrons. The summed E-state index contributed by atoms with van der Waals surface area (Å²) in [6, 6.07) is 0.311. The number of nitrogens with zero attached hydrogens (tertiary/aromatic N) is 5. The standard InChI is InChI=1S/C18H29N7S/c1-6-19-18(20-9-16-23-17(11(2)3)12(4)26-16)22-14-7-8-15-21-13(5)24-25(15)10-14/h11,14H,6-10H2,1-5H3,(H2,19,20,22). The summed E-state index contributed by atoms with van der Waals surface area (Å²) >= 11 is 1.75. The van der Waals surface area contributed by atoms with Gasteiger partial charge in [0.15, 0.2) is 5.96 Å². The van der Waals surface area contributed by atoms with Crippen LogP contribution in [-0.4, -0.2) is 38.3 Å². The number of hydrogen-bond acceptors (Lipinski definition) is 5. The fourth-order valence-electron chi connectivity index (χ4n) is 3.28. The molecule has 2 N–H and O–H groups in total. The van der Waals surface area contributed by atoms with Crippen LogP contribution in [0.3, 0.4) is 0 Å². The number of hydrogen-bond donors (Lipinski definition) is 2. The molecule has 0 bridgehead atoms. The van der Waals surface area contributed by atoms with Crippen LogP contribution in [0.5, 0.6) is 0 Å². The Bertz CT molecular complexity index is 775. The monoisotopic (exact) mass is 375 g/mol. The van der Waals surface area contributed by atoms with Gasteiger partial charge in [0.1, 0.15) is 16.7 Å². The molecular formula is C18H29N7S. The van der Waals surface area contributed by atoms with Crippen molar-refractivity contribution in [3.63, 3.8) is 0 Å². The Morgan fingerprint density at radius 1 is 1.35 bits per heavy atom. The van der Waals surface area contributed by atoms with Gasteiger partial charge in [-0.05, 0) is 33.1 Å². The predicted molar refractivity (Wildman–Crippen MR) is 106 cm³/mol. The van der Waals surface area contributed by atoms with E-state index in [0.717, 1.165) is 48.5 Å². The van der Waals surface area contributed by atoms with Crippen molar-refractivity contribution >= 4 is 17.3 Å². The quantitative estimate of drug-likeness (QED) is 0.620. The molecule has 0 aromatic carbocycles. The van der Waals surface area contributed by atoms with Crippen LogP contribution in [0.4, 0.5) is 0 Å². The van der Waals surface area contributed by atoms with Crippen molar-refractivity contribution in [1.82, 2.24) is 30.4 Å². The van der Waals surface area contributed by atoms with Crippen LogP contribution in [0.1, 0.15) is 60.3 Å². The summed E-state index contributed by atoms with van der Waals surface area (Å²) in [6.45, 7) is 12.8. The van der Waals surface area contributed by atoms with Crippen molar-refractivity contribution in [2.75, 3.05) is 6.54 Å². The van der Waals surface area contributed by atoms with Crippen LogP contribution in [0, 0.1) is 13.8 Å². The van der Waals surface area contributed by atoms with E-state index in [1.54, 1.807) is 11.3 Å². The molecule has 2 aromatic heterocycles. The number of guanidine groups is 1. The zero-order chi connectivity index (χ0) is 18.7. The van der Waals surface area contributed by atoms with E-state index in [9.17, 15) is 0 Å². The second kappa shape index (κ2) is 8.16. The van der Waals surface area contributed by atoms with Crippen LogP contribution < -0.4 is 10.6 Å². The molecule has 7 nitrogen and oxygen atoms in total. The molecule has 0 fully saturated rings. The van der Waals surface area contributed by atoms with E-state index in [0.29, 0.717) is 18.5 Å². The van der Waals surface area contributed by atoms with Gasteiger partial charge in [-0.2, -0.15) is 5.10 Å². The van der Waals surface area contributed by atoms with E-state index < -0.39 is 0 Å². The fourth-order valence-corrected chi connectivity index (χ4v) is 4.29. The zero-order valence-corrected chi connectivity index (χ0v) is 17.2. The Labute approximate surface area is 159 Å². The highest BCUT2D eigenvalue weighted by atomic mass is 32.1. The Hall–Kier alpha value is -1.96. The van der Waals surface area contributed by atoms with E-state index in [1.165, 1.54) is 10.6 Å². The molecule has 3 rings (SSSR count). The molecule has 0 saturated carbocycles. The molecule has 0 radical (unpaired) electrons. The van der Waals surface area contributed by atoms with Crippen LogP contribution in [0.25, 0.3) is 0 Å². The van der Waals surface area contributed by atoms with Gasteiger partial charge >= 0.3 is 0 Å². The third kappa shape index (κ3) is 4.41. The fraction of sp³-hybridized carbons (Fsp3) is 0.667. The zero-order valence-electron chi connectivity index (χ0n) is 16.3. The average molecular weight is 376 g/mol. The lowest BCUT2D eigenvalue weighted by Crippen LogP contribution is -2.47. The van der Waals surface area contributed by atoms with E-state index in [-0.39, 0.29) is 0 Å². The Morgan fingerprint density at radius 3 is 2.85 bits per heavy atom. The number of fused-ring (bicyclic) bond motifs is 1. The highest BCUT2D eigenvalue weighted by molar-refractivity contribution is 7.11. The van der Waals surface area contributed by atoms with E-state index in [4.69, 9.17) is 9.98 Å². The third-order valence-electron chi connectivity index (χ3n) is 4.45. The first-order chi connectivity index (χ1) is 12.5. The summed E-state index contributed by atoms with van der Waals surface area (Å²) in [6.07, 6.45) is 1.98. The van der Waals surface area contributed by atoms with Crippen molar-refractivity contribution in [3.8, 4) is 0 Å². The Balaban J connectivity index is 1.65. The maximum absolute atomic E-state index is 4.75. The van der Waals surface area contributed by atoms with Crippen molar-refractivity contribution in [2.24, 2.45) is 4.99 Å². The SMILES string of the molecule is CCNC(=NCc1nc(C(C)C)c(C)s1)NC1CCc2nc(C)nn2C1. The van der Waals surface area contributed by atoms with Gasteiger partial charge in [-0.3, -0.25) is 0 Å².